The summed E-state index contributed by atoms with van der Waals surface area (Å²) in [5.74, 6) is 2.50. The van der Waals surface area contributed by atoms with Crippen molar-refractivity contribution >= 4 is 6.03 Å². The molecule has 1 saturated heterocycles. The van der Waals surface area contributed by atoms with E-state index in [9.17, 15) is 4.79 Å². The van der Waals surface area contributed by atoms with Crippen LogP contribution in [-0.2, 0) is 0 Å². The number of rotatable bonds is 4. The van der Waals surface area contributed by atoms with Crippen LogP contribution in [-0.4, -0.2) is 42.0 Å². The van der Waals surface area contributed by atoms with Crippen molar-refractivity contribution in [1.82, 2.24) is 9.80 Å². The summed E-state index contributed by atoms with van der Waals surface area (Å²) in [5.41, 5.74) is 0. The van der Waals surface area contributed by atoms with Crippen molar-refractivity contribution < 1.29 is 4.79 Å². The maximum atomic E-state index is 11.6. The highest BCUT2D eigenvalue weighted by Crippen LogP contribution is 2.08. The Bertz CT molecular complexity index is 219. The van der Waals surface area contributed by atoms with Gasteiger partial charge in [-0.25, -0.2) is 4.79 Å². The molecular weight excluding hydrogens is 164 g/mol. The molecule has 1 aliphatic rings. The second-order valence-electron chi connectivity index (χ2n) is 3.25. The quantitative estimate of drug-likeness (QED) is 0.595. The Balaban J connectivity index is 2.37. The van der Waals surface area contributed by atoms with Gasteiger partial charge in [0.1, 0.15) is 0 Å². The van der Waals surface area contributed by atoms with Crippen LogP contribution in [0.15, 0.2) is 0 Å². The summed E-state index contributed by atoms with van der Waals surface area (Å²) in [5, 5.41) is 0. The molecule has 3 nitrogen and oxygen atoms in total. The molecule has 0 bridgehead atoms. The summed E-state index contributed by atoms with van der Waals surface area (Å²) in [7, 11) is 0. The molecule has 0 aromatic carbocycles. The molecule has 0 spiro atoms. The second kappa shape index (κ2) is 4.76. The maximum Gasteiger partial charge on any atom is 0.320 e. The van der Waals surface area contributed by atoms with Gasteiger partial charge in [-0.05, 0) is 6.42 Å². The van der Waals surface area contributed by atoms with Crippen LogP contribution < -0.4 is 0 Å². The highest BCUT2D eigenvalue weighted by molar-refractivity contribution is 5.76. The van der Waals surface area contributed by atoms with Crippen molar-refractivity contribution in [3.8, 4) is 12.3 Å². The van der Waals surface area contributed by atoms with Crippen molar-refractivity contribution in [2.45, 2.75) is 19.8 Å². The number of carbonyl (C=O) groups is 1. The maximum absolute atomic E-state index is 11.6. The van der Waals surface area contributed by atoms with E-state index in [2.05, 4.69) is 12.8 Å². The Labute approximate surface area is 79.7 Å². The van der Waals surface area contributed by atoms with E-state index < -0.39 is 0 Å². The minimum Gasteiger partial charge on any atom is -0.323 e. The number of terminal acetylenes is 1. The molecule has 13 heavy (non-hydrogen) atoms. The number of hydrogen-bond acceptors (Lipinski definition) is 1. The molecule has 0 saturated carbocycles. The Morgan fingerprint density at radius 2 is 2.15 bits per heavy atom. The zero-order valence-corrected chi connectivity index (χ0v) is 8.12. The third-order valence-electron chi connectivity index (χ3n) is 2.24. The zero-order chi connectivity index (χ0) is 9.68. The lowest BCUT2D eigenvalue weighted by Crippen LogP contribution is -2.32. The van der Waals surface area contributed by atoms with Gasteiger partial charge < -0.3 is 9.80 Å². The molecule has 1 fully saturated rings. The van der Waals surface area contributed by atoms with Gasteiger partial charge in [0.2, 0.25) is 0 Å². The molecule has 0 unspecified atom stereocenters. The molecule has 1 rings (SSSR count). The number of hydrogen-bond donors (Lipinski definition) is 0. The molecule has 0 N–H and O–H groups in total. The third kappa shape index (κ3) is 2.38. The lowest BCUT2D eigenvalue weighted by molar-refractivity contribution is 0.195. The molecule has 0 radical (unpaired) electrons. The van der Waals surface area contributed by atoms with Crippen molar-refractivity contribution in [2.24, 2.45) is 0 Å². The minimum atomic E-state index is 0.103. The van der Waals surface area contributed by atoms with E-state index in [4.69, 9.17) is 6.42 Å². The molecule has 72 valence electrons. The number of urea groups is 1. The Morgan fingerprint density at radius 1 is 1.46 bits per heavy atom. The van der Waals surface area contributed by atoms with E-state index in [-0.39, 0.29) is 6.03 Å². The van der Waals surface area contributed by atoms with Gasteiger partial charge in [0.15, 0.2) is 0 Å². The number of carbonyl (C=O) groups excluding carboxylic acids is 1. The van der Waals surface area contributed by atoms with Crippen LogP contribution in [0.1, 0.15) is 19.8 Å². The van der Waals surface area contributed by atoms with Gasteiger partial charge in [0.25, 0.3) is 0 Å². The largest absolute Gasteiger partial charge is 0.323 e. The molecular formula is C10H16N2O. The summed E-state index contributed by atoms with van der Waals surface area (Å²) in [4.78, 5) is 15.2. The summed E-state index contributed by atoms with van der Waals surface area (Å²) in [6, 6.07) is 0.103. The molecule has 3 heteroatoms. The number of unbranched alkanes of at least 4 members (excludes halogenated alkanes) is 1. The molecule has 0 aromatic heterocycles. The van der Waals surface area contributed by atoms with Crippen LogP contribution in [0.25, 0.3) is 0 Å². The van der Waals surface area contributed by atoms with E-state index >= 15 is 0 Å². The van der Waals surface area contributed by atoms with Gasteiger partial charge in [0.05, 0.1) is 6.54 Å². The first-order valence-electron chi connectivity index (χ1n) is 4.77. The second-order valence-corrected chi connectivity index (χ2v) is 3.25. The van der Waals surface area contributed by atoms with Gasteiger partial charge >= 0.3 is 6.03 Å². The monoisotopic (exact) mass is 180 g/mol. The molecule has 2 amide bonds. The summed E-state index contributed by atoms with van der Waals surface area (Å²) in [6.07, 6.45) is 7.36. The van der Waals surface area contributed by atoms with Gasteiger partial charge in [-0.1, -0.05) is 19.3 Å². The van der Waals surface area contributed by atoms with Gasteiger partial charge in [0, 0.05) is 19.6 Å². The topological polar surface area (TPSA) is 23.6 Å². The SMILES string of the molecule is C#CCN1CCN(CCCC)C1=O. The van der Waals surface area contributed by atoms with E-state index in [1.807, 2.05) is 4.90 Å². The van der Waals surface area contributed by atoms with Crippen LogP contribution in [0.2, 0.25) is 0 Å². The smallest absolute Gasteiger partial charge is 0.320 e. The van der Waals surface area contributed by atoms with Gasteiger partial charge in [-0.15, -0.1) is 6.42 Å². The molecule has 1 heterocycles. The first kappa shape index (κ1) is 9.91. The summed E-state index contributed by atoms with van der Waals surface area (Å²) >= 11 is 0. The fraction of sp³-hybridized carbons (Fsp3) is 0.700. The standard InChI is InChI=1S/C10H16N2O/c1-3-5-7-12-9-8-11(6-4-2)10(12)13/h2H,3,5-9H2,1H3. The van der Waals surface area contributed by atoms with E-state index in [1.165, 1.54) is 0 Å². The summed E-state index contributed by atoms with van der Waals surface area (Å²) in [6.45, 7) is 5.06. The number of nitrogens with zero attached hydrogens (tertiary/aromatic N) is 2. The zero-order valence-electron chi connectivity index (χ0n) is 8.12. The number of amides is 2. The molecule has 0 aliphatic carbocycles. The highest BCUT2D eigenvalue weighted by Gasteiger charge is 2.26. The van der Waals surface area contributed by atoms with Crippen molar-refractivity contribution in [2.75, 3.05) is 26.2 Å². The molecule has 0 aromatic rings. The van der Waals surface area contributed by atoms with Gasteiger partial charge in [-0.3, -0.25) is 0 Å². The van der Waals surface area contributed by atoms with Crippen LogP contribution in [0.3, 0.4) is 0 Å². The Kier molecular flexibility index (Phi) is 3.63. The predicted molar refractivity (Wildman–Crippen MR) is 52.3 cm³/mol. The average molecular weight is 180 g/mol. The van der Waals surface area contributed by atoms with E-state index in [1.54, 1.807) is 4.90 Å². The first-order valence-corrected chi connectivity index (χ1v) is 4.77. The molecule has 1 aliphatic heterocycles. The van der Waals surface area contributed by atoms with Crippen LogP contribution in [0, 0.1) is 12.3 Å². The normalized spacial score (nSPS) is 16.5. The first-order chi connectivity index (χ1) is 6.29. The Hall–Kier alpha value is -1.17. The average Bonchev–Trinajstić information content (AvgIpc) is 2.46. The lowest BCUT2D eigenvalue weighted by Gasteiger charge is -2.16. The third-order valence-corrected chi connectivity index (χ3v) is 2.24. The van der Waals surface area contributed by atoms with Crippen LogP contribution >= 0.6 is 0 Å². The van der Waals surface area contributed by atoms with Crippen molar-refractivity contribution in [1.29, 1.82) is 0 Å². The predicted octanol–water partition coefficient (Wildman–Crippen LogP) is 1.16. The van der Waals surface area contributed by atoms with Crippen LogP contribution in [0.5, 0.6) is 0 Å². The van der Waals surface area contributed by atoms with E-state index in [0.29, 0.717) is 6.54 Å². The van der Waals surface area contributed by atoms with Crippen molar-refractivity contribution in [3.05, 3.63) is 0 Å². The fourth-order valence-corrected chi connectivity index (χ4v) is 1.45. The van der Waals surface area contributed by atoms with Crippen LogP contribution in [0.4, 0.5) is 4.79 Å². The highest BCUT2D eigenvalue weighted by atomic mass is 16.2. The molecule has 0 atom stereocenters. The summed E-state index contributed by atoms with van der Waals surface area (Å²) < 4.78 is 0. The lowest BCUT2D eigenvalue weighted by atomic mass is 10.3. The minimum absolute atomic E-state index is 0.103. The van der Waals surface area contributed by atoms with Crippen molar-refractivity contribution in [3.63, 3.8) is 0 Å². The Morgan fingerprint density at radius 3 is 2.77 bits per heavy atom. The fourth-order valence-electron chi connectivity index (χ4n) is 1.45. The van der Waals surface area contributed by atoms with Gasteiger partial charge in [-0.2, -0.15) is 0 Å². The van der Waals surface area contributed by atoms with E-state index in [0.717, 1.165) is 32.5 Å².